The van der Waals surface area contributed by atoms with Crippen LogP contribution in [-0.2, 0) is 16.8 Å². The van der Waals surface area contributed by atoms with Crippen molar-refractivity contribution in [3.63, 3.8) is 0 Å². The molecule has 1 unspecified atom stereocenters. The van der Waals surface area contributed by atoms with Gasteiger partial charge in [-0.15, -0.1) is 0 Å². The minimum absolute atomic E-state index is 0.00271. The monoisotopic (exact) mass is 201 g/mol. The number of methoxy groups -OCH3 is 1. The number of ether oxygens (including phenoxy) is 1. The molecule has 1 N–H and O–H groups in total. The number of phenols is 1. The maximum Gasteiger partial charge on any atom is 0.160 e. The molecule has 13 heavy (non-hydrogen) atoms. The molecule has 0 aliphatic heterocycles. The number of hydrogen-bond donors (Lipinski definition) is 1. The van der Waals surface area contributed by atoms with Crippen molar-refractivity contribution in [2.45, 2.75) is 5.75 Å². The Morgan fingerprint density at radius 1 is 1.62 bits per heavy atom. The van der Waals surface area contributed by atoms with Crippen LogP contribution in [0.5, 0.6) is 11.5 Å². The summed E-state index contributed by atoms with van der Waals surface area (Å²) in [6.45, 7) is 0. The van der Waals surface area contributed by atoms with E-state index in [1.807, 2.05) is 0 Å². The molecule has 0 aromatic heterocycles. The molecule has 0 aliphatic rings. The van der Waals surface area contributed by atoms with Gasteiger partial charge in [-0.2, -0.15) is 0 Å². The van der Waals surface area contributed by atoms with Crippen LogP contribution in [0.2, 0.25) is 0 Å². The quantitative estimate of drug-likeness (QED) is 0.734. The minimum atomic E-state index is -2.12. The van der Waals surface area contributed by atoms with E-state index in [0.29, 0.717) is 5.56 Å². The molecule has 0 spiro atoms. The van der Waals surface area contributed by atoms with E-state index in [-0.39, 0.29) is 17.3 Å². The Bertz CT molecular complexity index is 324. The van der Waals surface area contributed by atoms with Gasteiger partial charge < -0.3 is 14.4 Å². The van der Waals surface area contributed by atoms with Gasteiger partial charge >= 0.3 is 0 Å². The highest BCUT2D eigenvalue weighted by Crippen LogP contribution is 2.26. The van der Waals surface area contributed by atoms with E-state index in [0.717, 1.165) is 0 Å². The smallest absolute Gasteiger partial charge is 0.160 e. The summed E-state index contributed by atoms with van der Waals surface area (Å²) in [6.07, 6.45) is 0. The molecule has 72 valence electrons. The molecular formula is C8H9O4S-. The zero-order valence-electron chi connectivity index (χ0n) is 7.02. The van der Waals surface area contributed by atoms with Gasteiger partial charge in [0.25, 0.3) is 0 Å². The Kier molecular flexibility index (Phi) is 3.27. The van der Waals surface area contributed by atoms with Crippen molar-refractivity contribution in [3.05, 3.63) is 23.8 Å². The number of rotatable bonds is 3. The SMILES string of the molecule is COc1cc(CS(=O)[O-])ccc1O. The van der Waals surface area contributed by atoms with Crippen molar-refractivity contribution < 1.29 is 18.6 Å². The molecule has 0 fully saturated rings. The van der Waals surface area contributed by atoms with Gasteiger partial charge in [-0.05, 0) is 17.7 Å². The summed E-state index contributed by atoms with van der Waals surface area (Å²) in [5.74, 6) is 0.210. The molecule has 0 amide bonds. The van der Waals surface area contributed by atoms with Gasteiger partial charge in [0.15, 0.2) is 11.5 Å². The van der Waals surface area contributed by atoms with E-state index in [1.165, 1.54) is 25.3 Å². The van der Waals surface area contributed by atoms with Crippen molar-refractivity contribution in [1.82, 2.24) is 0 Å². The van der Waals surface area contributed by atoms with Crippen LogP contribution in [0.15, 0.2) is 18.2 Å². The zero-order valence-corrected chi connectivity index (χ0v) is 7.84. The lowest BCUT2D eigenvalue weighted by molar-refractivity contribution is 0.373. The van der Waals surface area contributed by atoms with E-state index in [9.17, 15) is 13.9 Å². The Labute approximate surface area is 78.4 Å². The normalized spacial score (nSPS) is 12.5. The second-order valence-electron chi connectivity index (χ2n) is 2.45. The molecule has 4 nitrogen and oxygen atoms in total. The maximum atomic E-state index is 10.3. The van der Waals surface area contributed by atoms with E-state index >= 15 is 0 Å². The first-order valence-corrected chi connectivity index (χ1v) is 4.79. The topological polar surface area (TPSA) is 69.6 Å². The Morgan fingerprint density at radius 3 is 2.85 bits per heavy atom. The molecule has 1 rings (SSSR count). The van der Waals surface area contributed by atoms with E-state index < -0.39 is 11.1 Å². The van der Waals surface area contributed by atoms with Crippen LogP contribution in [0, 0.1) is 0 Å². The highest BCUT2D eigenvalue weighted by molar-refractivity contribution is 7.78. The van der Waals surface area contributed by atoms with E-state index in [4.69, 9.17) is 4.74 Å². The highest BCUT2D eigenvalue weighted by Gasteiger charge is 2.01. The van der Waals surface area contributed by atoms with Gasteiger partial charge in [0.2, 0.25) is 0 Å². The van der Waals surface area contributed by atoms with Crippen LogP contribution >= 0.6 is 0 Å². The second-order valence-corrected chi connectivity index (χ2v) is 3.35. The van der Waals surface area contributed by atoms with Gasteiger partial charge in [-0.25, -0.2) is 0 Å². The second kappa shape index (κ2) is 4.25. The third-order valence-corrected chi connectivity index (χ3v) is 2.10. The summed E-state index contributed by atoms with van der Waals surface area (Å²) < 4.78 is 25.5. The molecule has 0 heterocycles. The third kappa shape index (κ3) is 2.71. The molecule has 0 radical (unpaired) electrons. The molecule has 5 heteroatoms. The van der Waals surface area contributed by atoms with Crippen molar-refractivity contribution in [3.8, 4) is 11.5 Å². The highest BCUT2D eigenvalue weighted by atomic mass is 32.2. The molecule has 0 bridgehead atoms. The fraction of sp³-hybridized carbons (Fsp3) is 0.250. The van der Waals surface area contributed by atoms with Gasteiger partial charge in [-0.1, -0.05) is 17.1 Å². The number of hydrogen-bond acceptors (Lipinski definition) is 4. The predicted molar refractivity (Wildman–Crippen MR) is 47.3 cm³/mol. The van der Waals surface area contributed by atoms with Crippen molar-refractivity contribution >= 4 is 11.1 Å². The molecule has 0 saturated carbocycles. The molecular weight excluding hydrogens is 192 g/mol. The number of aromatic hydroxyl groups is 1. The fourth-order valence-corrected chi connectivity index (χ4v) is 1.40. The zero-order chi connectivity index (χ0) is 9.84. The van der Waals surface area contributed by atoms with Gasteiger partial charge in [0.05, 0.1) is 7.11 Å². The molecule has 1 atom stereocenters. The van der Waals surface area contributed by atoms with Crippen molar-refractivity contribution in [2.75, 3.05) is 7.11 Å². The molecule has 0 aliphatic carbocycles. The third-order valence-electron chi connectivity index (χ3n) is 1.53. The molecule has 0 saturated heterocycles. The number of phenolic OH excluding ortho intramolecular Hbond substituents is 1. The van der Waals surface area contributed by atoms with Crippen LogP contribution in [0.1, 0.15) is 5.56 Å². The lowest BCUT2D eigenvalue weighted by Crippen LogP contribution is -1.94. The van der Waals surface area contributed by atoms with E-state index in [2.05, 4.69) is 0 Å². The van der Waals surface area contributed by atoms with Crippen LogP contribution in [0.3, 0.4) is 0 Å². The standard InChI is InChI=1S/C8H10O4S/c1-12-8-4-6(5-13(10)11)2-3-7(8)9/h2-4,9H,5H2,1H3,(H,10,11)/p-1. The summed E-state index contributed by atoms with van der Waals surface area (Å²) in [5, 5.41) is 9.19. The first-order chi connectivity index (χ1) is 6.13. The van der Waals surface area contributed by atoms with Crippen LogP contribution in [0.25, 0.3) is 0 Å². The summed E-state index contributed by atoms with van der Waals surface area (Å²) in [4.78, 5) is 0. The first kappa shape index (κ1) is 10.0. The fourth-order valence-electron chi connectivity index (χ4n) is 0.948. The summed E-state index contributed by atoms with van der Waals surface area (Å²) in [5.41, 5.74) is 0.586. The first-order valence-electron chi connectivity index (χ1n) is 3.55. The molecule has 1 aromatic carbocycles. The van der Waals surface area contributed by atoms with Crippen LogP contribution in [-0.4, -0.2) is 21.0 Å². The van der Waals surface area contributed by atoms with Crippen molar-refractivity contribution in [2.24, 2.45) is 0 Å². The Balaban J connectivity index is 2.92. The minimum Gasteiger partial charge on any atom is -0.772 e. The predicted octanol–water partition coefficient (Wildman–Crippen LogP) is 0.780. The average Bonchev–Trinajstić information content (AvgIpc) is 2.07. The number of benzene rings is 1. The Hall–Kier alpha value is -1.07. The van der Waals surface area contributed by atoms with E-state index in [1.54, 1.807) is 0 Å². The lowest BCUT2D eigenvalue weighted by atomic mass is 10.2. The van der Waals surface area contributed by atoms with Gasteiger partial charge in [-0.3, -0.25) is 4.21 Å². The van der Waals surface area contributed by atoms with Crippen LogP contribution < -0.4 is 4.74 Å². The lowest BCUT2D eigenvalue weighted by Gasteiger charge is -2.07. The van der Waals surface area contributed by atoms with Gasteiger partial charge in [0, 0.05) is 5.75 Å². The average molecular weight is 201 g/mol. The molecule has 1 aromatic rings. The summed E-state index contributed by atoms with van der Waals surface area (Å²) in [6, 6.07) is 4.43. The van der Waals surface area contributed by atoms with Crippen molar-refractivity contribution in [1.29, 1.82) is 0 Å². The summed E-state index contributed by atoms with van der Waals surface area (Å²) in [7, 11) is 1.41. The largest absolute Gasteiger partial charge is 0.772 e. The summed E-state index contributed by atoms with van der Waals surface area (Å²) >= 11 is -2.12. The maximum absolute atomic E-state index is 10.3. The Morgan fingerprint density at radius 2 is 2.31 bits per heavy atom. The van der Waals surface area contributed by atoms with Crippen LogP contribution in [0.4, 0.5) is 0 Å². The van der Waals surface area contributed by atoms with Gasteiger partial charge in [0.1, 0.15) is 0 Å².